The first-order valence-corrected chi connectivity index (χ1v) is 6.79. The minimum Gasteiger partial charge on any atom is -0.508 e. The molecule has 0 heterocycles. The lowest BCUT2D eigenvalue weighted by Gasteiger charge is -2.12. The van der Waals surface area contributed by atoms with Crippen molar-refractivity contribution in [1.82, 2.24) is 0 Å². The first-order chi connectivity index (χ1) is 7.18. The molecular formula is C6H8O8P2. The van der Waals surface area contributed by atoms with Gasteiger partial charge in [-0.2, -0.15) is 4.31 Å². The Labute approximate surface area is 89.9 Å². The van der Waals surface area contributed by atoms with Gasteiger partial charge in [-0.15, -0.1) is 0 Å². The van der Waals surface area contributed by atoms with Crippen LogP contribution in [0.1, 0.15) is 0 Å². The minimum absolute atomic E-state index is 0.101. The van der Waals surface area contributed by atoms with Crippen molar-refractivity contribution in [2.24, 2.45) is 0 Å². The largest absolute Gasteiger partial charge is 0.536 e. The molecule has 90 valence electrons. The minimum atomic E-state index is -5.12. The summed E-state index contributed by atoms with van der Waals surface area (Å²) < 4.78 is 29.2. The van der Waals surface area contributed by atoms with Gasteiger partial charge in [0.1, 0.15) is 11.5 Å². The quantitative estimate of drug-likeness (QED) is 0.595. The van der Waals surface area contributed by atoms with Crippen LogP contribution in [0.3, 0.4) is 0 Å². The molecule has 0 aliphatic heterocycles. The van der Waals surface area contributed by atoms with Crippen LogP contribution in [0.5, 0.6) is 11.5 Å². The predicted octanol–water partition coefficient (Wildman–Crippen LogP) is 0.981. The van der Waals surface area contributed by atoms with Gasteiger partial charge < -0.3 is 19.4 Å². The van der Waals surface area contributed by atoms with E-state index in [-0.39, 0.29) is 11.5 Å². The van der Waals surface area contributed by atoms with Crippen molar-refractivity contribution < 1.29 is 37.8 Å². The number of rotatable bonds is 4. The van der Waals surface area contributed by atoms with Crippen molar-refractivity contribution >= 4 is 15.6 Å². The molecule has 1 aromatic rings. The summed E-state index contributed by atoms with van der Waals surface area (Å²) in [6, 6.07) is 4.57. The Balaban J connectivity index is 2.77. The third-order valence-electron chi connectivity index (χ3n) is 1.27. The normalized spacial score (nSPS) is 15.4. The molecule has 1 aromatic carbocycles. The van der Waals surface area contributed by atoms with Gasteiger partial charge in [-0.05, 0) is 24.3 Å². The number of benzene rings is 1. The lowest BCUT2D eigenvalue weighted by Crippen LogP contribution is -1.95. The number of phenolic OH excluding ortho intramolecular Hbond substituents is 1. The van der Waals surface area contributed by atoms with Crippen molar-refractivity contribution in [3.8, 4) is 11.5 Å². The molecule has 0 spiro atoms. The summed E-state index contributed by atoms with van der Waals surface area (Å²) in [5.74, 6) is -0.284. The van der Waals surface area contributed by atoms with Crippen LogP contribution in [0.25, 0.3) is 0 Å². The lowest BCUT2D eigenvalue weighted by atomic mass is 10.3. The van der Waals surface area contributed by atoms with Crippen LogP contribution < -0.4 is 4.52 Å². The highest BCUT2D eigenvalue weighted by molar-refractivity contribution is 7.60. The Hall–Kier alpha value is -0.880. The van der Waals surface area contributed by atoms with E-state index in [0.717, 1.165) is 24.3 Å². The van der Waals surface area contributed by atoms with E-state index in [1.165, 1.54) is 0 Å². The van der Waals surface area contributed by atoms with E-state index < -0.39 is 15.6 Å². The summed E-state index contributed by atoms with van der Waals surface area (Å²) in [6.45, 7) is 0. The maximum absolute atomic E-state index is 11.0. The topological polar surface area (TPSA) is 134 Å². The predicted molar refractivity (Wildman–Crippen MR) is 51.7 cm³/mol. The molecule has 8 nitrogen and oxygen atoms in total. The van der Waals surface area contributed by atoms with Gasteiger partial charge >= 0.3 is 15.6 Å². The van der Waals surface area contributed by atoms with E-state index in [1.54, 1.807) is 0 Å². The van der Waals surface area contributed by atoms with Gasteiger partial charge in [-0.3, -0.25) is 4.89 Å². The number of hydrogen-bond acceptors (Lipinski definition) is 5. The van der Waals surface area contributed by atoms with Gasteiger partial charge in [-0.25, -0.2) is 9.13 Å². The lowest BCUT2D eigenvalue weighted by molar-refractivity contribution is 0.229. The molecule has 0 saturated heterocycles. The number of phosphoric ester groups is 1. The highest BCUT2D eigenvalue weighted by Gasteiger charge is 2.33. The zero-order chi connectivity index (χ0) is 12.4. The van der Waals surface area contributed by atoms with Crippen LogP contribution >= 0.6 is 15.6 Å². The third kappa shape index (κ3) is 4.76. The van der Waals surface area contributed by atoms with Crippen LogP contribution in [0.15, 0.2) is 24.3 Å². The summed E-state index contributed by atoms with van der Waals surface area (Å²) in [4.78, 5) is 25.6. The van der Waals surface area contributed by atoms with Gasteiger partial charge in [0.05, 0.1) is 0 Å². The van der Waals surface area contributed by atoms with E-state index >= 15 is 0 Å². The fraction of sp³-hybridized carbons (Fsp3) is 0. The van der Waals surface area contributed by atoms with Crippen LogP contribution in [-0.4, -0.2) is 19.8 Å². The van der Waals surface area contributed by atoms with Crippen molar-refractivity contribution in [1.29, 1.82) is 0 Å². The van der Waals surface area contributed by atoms with Gasteiger partial charge in [0, 0.05) is 0 Å². The molecule has 1 atom stereocenters. The molecule has 0 aliphatic rings. The first kappa shape index (κ1) is 13.2. The molecule has 0 saturated carbocycles. The van der Waals surface area contributed by atoms with Crippen LogP contribution in [-0.2, 0) is 13.4 Å². The second-order valence-corrected chi connectivity index (χ2v) is 5.38. The molecule has 1 rings (SSSR count). The summed E-state index contributed by atoms with van der Waals surface area (Å²) in [5, 5.41) is 8.90. The summed E-state index contributed by atoms with van der Waals surface area (Å²) in [5.41, 5.74) is 0. The molecule has 10 heteroatoms. The fourth-order valence-electron chi connectivity index (χ4n) is 0.791. The standard InChI is InChI=1S/C6H8O8P2/c7-5-1-3-6(4-2-5)13-16(11,12)14-15(8,9)10/h1-4,7H,(H,11,12)(H2,8,9,10). The Morgan fingerprint density at radius 2 is 1.50 bits per heavy atom. The SMILES string of the molecule is O=P(O)(O)OP(=O)(O)Oc1ccc(O)cc1. The maximum atomic E-state index is 11.0. The van der Waals surface area contributed by atoms with E-state index in [4.69, 9.17) is 19.8 Å². The molecular weight excluding hydrogens is 262 g/mol. The van der Waals surface area contributed by atoms with Crippen molar-refractivity contribution in [3.05, 3.63) is 24.3 Å². The van der Waals surface area contributed by atoms with Crippen molar-refractivity contribution in [3.63, 3.8) is 0 Å². The molecule has 0 aromatic heterocycles. The monoisotopic (exact) mass is 270 g/mol. The van der Waals surface area contributed by atoms with E-state index in [0.29, 0.717) is 0 Å². The van der Waals surface area contributed by atoms with E-state index in [1.807, 2.05) is 0 Å². The van der Waals surface area contributed by atoms with E-state index in [2.05, 4.69) is 8.83 Å². The average Bonchev–Trinajstić information content (AvgIpc) is 2.04. The first-order valence-electron chi connectivity index (χ1n) is 3.76. The zero-order valence-electron chi connectivity index (χ0n) is 7.63. The number of phenols is 1. The molecule has 4 N–H and O–H groups in total. The smallest absolute Gasteiger partial charge is 0.508 e. The second-order valence-electron chi connectivity index (χ2n) is 2.63. The Bertz CT molecular complexity index is 448. The van der Waals surface area contributed by atoms with Gasteiger partial charge in [0.15, 0.2) is 0 Å². The molecule has 16 heavy (non-hydrogen) atoms. The summed E-state index contributed by atoms with van der Waals surface area (Å²) in [6.07, 6.45) is 0. The Morgan fingerprint density at radius 1 is 1.00 bits per heavy atom. The van der Waals surface area contributed by atoms with Gasteiger partial charge in [0.25, 0.3) is 0 Å². The van der Waals surface area contributed by atoms with Crippen LogP contribution in [0, 0.1) is 0 Å². The molecule has 0 aliphatic carbocycles. The zero-order valence-corrected chi connectivity index (χ0v) is 9.41. The number of phosphoric acid groups is 2. The number of aromatic hydroxyl groups is 1. The summed E-state index contributed by atoms with van der Waals surface area (Å²) in [7, 11) is -10.0. The summed E-state index contributed by atoms with van der Waals surface area (Å²) >= 11 is 0. The number of hydrogen-bond donors (Lipinski definition) is 4. The van der Waals surface area contributed by atoms with Crippen LogP contribution in [0.4, 0.5) is 0 Å². The molecule has 0 bridgehead atoms. The Kier molecular flexibility index (Phi) is 3.75. The van der Waals surface area contributed by atoms with Gasteiger partial charge in [-0.1, -0.05) is 0 Å². The molecule has 1 unspecified atom stereocenters. The molecule has 0 radical (unpaired) electrons. The molecule has 0 fully saturated rings. The maximum Gasteiger partial charge on any atom is 0.536 e. The second kappa shape index (κ2) is 4.55. The van der Waals surface area contributed by atoms with Crippen LogP contribution in [0.2, 0.25) is 0 Å². The third-order valence-corrected chi connectivity index (χ3v) is 3.38. The highest BCUT2D eigenvalue weighted by atomic mass is 31.3. The van der Waals surface area contributed by atoms with Gasteiger partial charge in [0.2, 0.25) is 0 Å². The van der Waals surface area contributed by atoms with Crippen molar-refractivity contribution in [2.75, 3.05) is 0 Å². The molecule has 0 amide bonds. The van der Waals surface area contributed by atoms with Crippen molar-refractivity contribution in [2.45, 2.75) is 0 Å². The van der Waals surface area contributed by atoms with E-state index in [9.17, 15) is 9.13 Å². The highest BCUT2D eigenvalue weighted by Crippen LogP contribution is 2.57. The average molecular weight is 270 g/mol. The Morgan fingerprint density at radius 3 is 1.94 bits per heavy atom. The fourth-order valence-corrected chi connectivity index (χ4v) is 2.39.